The summed E-state index contributed by atoms with van der Waals surface area (Å²) in [6.45, 7) is 3.80. The van der Waals surface area contributed by atoms with E-state index in [0.717, 1.165) is 50.1 Å². The minimum Gasteiger partial charge on any atom is -0.489 e. The normalized spacial score (nSPS) is 14.3. The zero-order valence-corrected chi connectivity index (χ0v) is 19.2. The van der Waals surface area contributed by atoms with Crippen LogP contribution in [0.3, 0.4) is 0 Å². The highest BCUT2D eigenvalue weighted by Crippen LogP contribution is 2.27. The van der Waals surface area contributed by atoms with Gasteiger partial charge in [-0.1, -0.05) is 0 Å². The molecule has 3 aromatic carbocycles. The molecule has 0 saturated carbocycles. The molecule has 2 N–H and O–H groups in total. The van der Waals surface area contributed by atoms with Crippen LogP contribution in [0.25, 0.3) is 10.9 Å². The molecular formula is C26H25F2N5O2. The van der Waals surface area contributed by atoms with Crippen molar-refractivity contribution >= 4 is 28.3 Å². The van der Waals surface area contributed by atoms with Gasteiger partial charge in [0.05, 0.1) is 5.52 Å². The first-order valence-electron chi connectivity index (χ1n) is 11.4. The van der Waals surface area contributed by atoms with Crippen molar-refractivity contribution in [1.29, 1.82) is 0 Å². The maximum absolute atomic E-state index is 13.9. The fourth-order valence-electron chi connectivity index (χ4n) is 4.06. The van der Waals surface area contributed by atoms with Gasteiger partial charge >= 0.3 is 0 Å². The summed E-state index contributed by atoms with van der Waals surface area (Å²) in [7, 11) is 2.11. The molecule has 1 aromatic heterocycles. The van der Waals surface area contributed by atoms with Crippen molar-refractivity contribution in [3.05, 3.63) is 83.4 Å². The lowest BCUT2D eigenvalue weighted by Gasteiger charge is -2.34. The van der Waals surface area contributed by atoms with Crippen LogP contribution in [-0.4, -0.2) is 54.2 Å². The van der Waals surface area contributed by atoms with Crippen molar-refractivity contribution < 1.29 is 18.3 Å². The number of nitrogens with one attached hydrogen (secondary N) is 2. The lowest BCUT2D eigenvalue weighted by molar-refractivity contribution is 0.102. The Morgan fingerprint density at radius 2 is 1.80 bits per heavy atom. The minimum absolute atomic E-state index is 0.117. The molecule has 5 rings (SSSR count). The number of halogens is 2. The Morgan fingerprint density at radius 3 is 2.57 bits per heavy atom. The standard InChI is InChI=1S/C26H25F2N5O2/c1-32-10-12-33(13-11-32)20-5-2-17(3-6-20)26(34)29-25-22-15-21(7-9-24(22)30-31-25)35-16-18-14-19(27)4-8-23(18)28/h2-9,14-15H,10-13,16H2,1H3,(H2,29,30,31,34). The highest BCUT2D eigenvalue weighted by Gasteiger charge is 2.16. The second-order valence-electron chi connectivity index (χ2n) is 8.60. The van der Waals surface area contributed by atoms with Crippen molar-refractivity contribution in [3.63, 3.8) is 0 Å². The molecule has 0 spiro atoms. The number of anilines is 2. The molecule has 1 aliphatic rings. The van der Waals surface area contributed by atoms with Crippen LogP contribution >= 0.6 is 0 Å². The maximum atomic E-state index is 13.9. The van der Waals surface area contributed by atoms with E-state index in [1.807, 2.05) is 12.1 Å². The van der Waals surface area contributed by atoms with Gasteiger partial charge in [0.2, 0.25) is 0 Å². The largest absolute Gasteiger partial charge is 0.489 e. The third kappa shape index (κ3) is 5.09. The molecule has 35 heavy (non-hydrogen) atoms. The molecule has 1 amide bonds. The number of H-pyrrole nitrogens is 1. The molecule has 0 aliphatic carbocycles. The first-order valence-corrected chi connectivity index (χ1v) is 11.4. The molecule has 1 aliphatic heterocycles. The molecule has 0 radical (unpaired) electrons. The molecule has 7 nitrogen and oxygen atoms in total. The van der Waals surface area contributed by atoms with Crippen LogP contribution in [0.1, 0.15) is 15.9 Å². The Morgan fingerprint density at radius 1 is 1.03 bits per heavy atom. The predicted molar refractivity (Wildman–Crippen MR) is 131 cm³/mol. The van der Waals surface area contributed by atoms with Crippen molar-refractivity contribution in [2.45, 2.75) is 6.61 Å². The lowest BCUT2D eigenvalue weighted by atomic mass is 10.1. The third-order valence-electron chi connectivity index (χ3n) is 6.17. The number of carbonyl (C=O) groups excluding carboxylic acids is 1. The highest BCUT2D eigenvalue weighted by atomic mass is 19.1. The van der Waals surface area contributed by atoms with Gasteiger partial charge in [-0.3, -0.25) is 9.89 Å². The number of nitrogens with zero attached hydrogens (tertiary/aromatic N) is 3. The first kappa shape index (κ1) is 22.8. The van der Waals surface area contributed by atoms with E-state index in [1.165, 1.54) is 0 Å². The van der Waals surface area contributed by atoms with Crippen LogP contribution in [0.5, 0.6) is 5.75 Å². The van der Waals surface area contributed by atoms with Gasteiger partial charge in [-0.15, -0.1) is 0 Å². The zero-order valence-electron chi connectivity index (χ0n) is 19.2. The van der Waals surface area contributed by atoms with E-state index < -0.39 is 11.6 Å². The van der Waals surface area contributed by atoms with E-state index in [1.54, 1.807) is 30.3 Å². The van der Waals surface area contributed by atoms with Crippen LogP contribution in [0, 0.1) is 11.6 Å². The van der Waals surface area contributed by atoms with E-state index in [2.05, 4.69) is 32.4 Å². The van der Waals surface area contributed by atoms with Gasteiger partial charge in [0, 0.05) is 48.4 Å². The molecule has 4 aromatic rings. The lowest BCUT2D eigenvalue weighted by Crippen LogP contribution is -2.44. The topological polar surface area (TPSA) is 73.5 Å². The molecule has 0 bridgehead atoms. The van der Waals surface area contributed by atoms with E-state index >= 15 is 0 Å². The third-order valence-corrected chi connectivity index (χ3v) is 6.17. The molecule has 180 valence electrons. The predicted octanol–water partition coefficient (Wildman–Crippen LogP) is 4.42. The number of rotatable bonds is 6. The number of fused-ring (bicyclic) bond motifs is 1. The summed E-state index contributed by atoms with van der Waals surface area (Å²) in [4.78, 5) is 17.5. The van der Waals surface area contributed by atoms with Gasteiger partial charge in [-0.05, 0) is 67.7 Å². The maximum Gasteiger partial charge on any atom is 0.256 e. The number of benzene rings is 3. The molecule has 2 heterocycles. The number of carbonyl (C=O) groups is 1. The number of amides is 1. The molecule has 9 heteroatoms. The van der Waals surface area contributed by atoms with Crippen LogP contribution in [-0.2, 0) is 6.61 Å². The van der Waals surface area contributed by atoms with Gasteiger partial charge < -0.3 is 19.9 Å². The molecular weight excluding hydrogens is 452 g/mol. The highest BCUT2D eigenvalue weighted by molar-refractivity contribution is 6.08. The van der Waals surface area contributed by atoms with Crippen molar-refractivity contribution in [2.75, 3.05) is 43.4 Å². The minimum atomic E-state index is -0.539. The zero-order chi connectivity index (χ0) is 24.4. The summed E-state index contributed by atoms with van der Waals surface area (Å²) in [6.07, 6.45) is 0. The van der Waals surface area contributed by atoms with Gasteiger partial charge in [0.15, 0.2) is 5.82 Å². The van der Waals surface area contributed by atoms with Crippen LogP contribution < -0.4 is 15.0 Å². The van der Waals surface area contributed by atoms with Crippen molar-refractivity contribution in [3.8, 4) is 5.75 Å². The molecule has 0 atom stereocenters. The van der Waals surface area contributed by atoms with E-state index in [9.17, 15) is 13.6 Å². The Balaban J connectivity index is 1.27. The fraction of sp³-hybridized carbons (Fsp3) is 0.231. The van der Waals surface area contributed by atoms with Gasteiger partial charge in [0.1, 0.15) is 24.0 Å². The SMILES string of the molecule is CN1CCN(c2ccc(C(=O)Nc3n[nH]c4ccc(OCc5cc(F)ccc5F)cc34)cc2)CC1. The quantitative estimate of drug-likeness (QED) is 0.430. The summed E-state index contributed by atoms with van der Waals surface area (Å²) in [5, 5.41) is 10.6. The first-order chi connectivity index (χ1) is 17.0. The molecule has 0 unspecified atom stereocenters. The van der Waals surface area contributed by atoms with Crippen LogP contribution in [0.15, 0.2) is 60.7 Å². The smallest absolute Gasteiger partial charge is 0.256 e. The Kier molecular flexibility index (Phi) is 6.33. The van der Waals surface area contributed by atoms with E-state index in [-0.39, 0.29) is 18.1 Å². The number of ether oxygens (including phenoxy) is 1. The number of piperazine rings is 1. The average Bonchev–Trinajstić information content (AvgIpc) is 3.27. The molecule has 1 saturated heterocycles. The molecule has 1 fully saturated rings. The van der Waals surface area contributed by atoms with Gasteiger partial charge in [-0.2, -0.15) is 5.10 Å². The second kappa shape index (κ2) is 9.71. The average molecular weight is 478 g/mol. The van der Waals surface area contributed by atoms with E-state index in [0.29, 0.717) is 28.0 Å². The van der Waals surface area contributed by atoms with Crippen molar-refractivity contribution in [1.82, 2.24) is 15.1 Å². The fourth-order valence-corrected chi connectivity index (χ4v) is 4.06. The summed E-state index contributed by atoms with van der Waals surface area (Å²) < 4.78 is 32.9. The summed E-state index contributed by atoms with van der Waals surface area (Å²) in [5.74, 6) is -0.555. The van der Waals surface area contributed by atoms with E-state index in [4.69, 9.17) is 4.74 Å². The second-order valence-corrected chi connectivity index (χ2v) is 8.60. The van der Waals surface area contributed by atoms with Crippen LogP contribution in [0.4, 0.5) is 20.3 Å². The Bertz CT molecular complexity index is 1350. The van der Waals surface area contributed by atoms with Crippen LogP contribution in [0.2, 0.25) is 0 Å². The Labute approximate surface area is 201 Å². The number of hydrogen-bond acceptors (Lipinski definition) is 5. The van der Waals surface area contributed by atoms with Gasteiger partial charge in [0.25, 0.3) is 5.91 Å². The summed E-state index contributed by atoms with van der Waals surface area (Å²) in [6, 6.07) is 15.9. The van der Waals surface area contributed by atoms with Crippen molar-refractivity contribution in [2.24, 2.45) is 0 Å². The number of hydrogen-bond donors (Lipinski definition) is 2. The monoisotopic (exact) mass is 477 g/mol. The number of likely N-dealkylation sites (N-methyl/N-ethyl adjacent to an activating group) is 1. The number of aromatic amines is 1. The summed E-state index contributed by atoms with van der Waals surface area (Å²) in [5.41, 5.74) is 2.44. The Hall–Kier alpha value is -3.98. The van der Waals surface area contributed by atoms with Gasteiger partial charge in [-0.25, -0.2) is 8.78 Å². The summed E-state index contributed by atoms with van der Waals surface area (Å²) >= 11 is 0. The number of aromatic nitrogens is 2.